The molecule has 3 rings (SSSR count). The molecular weight excluding hydrogens is 306 g/mol. The minimum Gasteiger partial charge on any atom is -0.378 e. The van der Waals surface area contributed by atoms with Crippen molar-refractivity contribution in [1.82, 2.24) is 19.1 Å². The third-order valence-corrected chi connectivity index (χ3v) is 3.96. The Balaban J connectivity index is 1.99. The number of fused-ring (bicyclic) bond motifs is 1. The summed E-state index contributed by atoms with van der Waals surface area (Å²) in [6.45, 7) is 0. The van der Waals surface area contributed by atoms with Gasteiger partial charge < -0.3 is 9.88 Å². The smallest absolute Gasteiger partial charge is 0.332 e. The van der Waals surface area contributed by atoms with Gasteiger partial charge in [-0.05, 0) is 23.8 Å². The quantitative estimate of drug-likeness (QED) is 0.785. The van der Waals surface area contributed by atoms with Gasteiger partial charge in [-0.3, -0.25) is 13.9 Å². The van der Waals surface area contributed by atoms with Crippen molar-refractivity contribution in [1.29, 1.82) is 0 Å². The Hall–Kier alpha value is -3.09. The van der Waals surface area contributed by atoms with Crippen LogP contribution in [0.15, 0.2) is 33.9 Å². The highest BCUT2D eigenvalue weighted by molar-refractivity contribution is 5.75. The molecule has 24 heavy (non-hydrogen) atoms. The fourth-order valence-corrected chi connectivity index (χ4v) is 2.48. The number of benzene rings is 1. The molecule has 0 aliphatic heterocycles. The minimum atomic E-state index is -0.395. The summed E-state index contributed by atoms with van der Waals surface area (Å²) in [5, 5.41) is 0. The number of imidazole rings is 1. The summed E-state index contributed by atoms with van der Waals surface area (Å²) >= 11 is 0. The van der Waals surface area contributed by atoms with Crippen molar-refractivity contribution in [3.63, 3.8) is 0 Å². The normalized spacial score (nSPS) is 11.5. The highest BCUT2D eigenvalue weighted by Gasteiger charge is 2.12. The maximum Gasteiger partial charge on any atom is 0.332 e. The number of anilines is 1. The van der Waals surface area contributed by atoms with Crippen molar-refractivity contribution in [2.45, 2.75) is 0 Å². The molecule has 2 heterocycles. The molecule has 0 fully saturated rings. The second-order valence-corrected chi connectivity index (χ2v) is 5.85. The van der Waals surface area contributed by atoms with Gasteiger partial charge in [0.05, 0.1) is 0 Å². The first-order chi connectivity index (χ1) is 11.4. The molecule has 0 atom stereocenters. The molecule has 7 heteroatoms. The van der Waals surface area contributed by atoms with Crippen molar-refractivity contribution in [3.05, 3.63) is 56.5 Å². The number of hydrogen-bond donors (Lipinski definition) is 1. The van der Waals surface area contributed by atoms with Crippen LogP contribution in [0.3, 0.4) is 0 Å². The molecule has 3 aromatic rings. The van der Waals surface area contributed by atoms with Crippen LogP contribution in [-0.4, -0.2) is 33.2 Å². The Morgan fingerprint density at radius 3 is 2.33 bits per heavy atom. The van der Waals surface area contributed by atoms with Crippen molar-refractivity contribution >= 4 is 29.0 Å². The summed E-state index contributed by atoms with van der Waals surface area (Å²) < 4.78 is 2.42. The van der Waals surface area contributed by atoms with Gasteiger partial charge in [0.15, 0.2) is 5.65 Å². The molecule has 124 valence electrons. The van der Waals surface area contributed by atoms with Crippen LogP contribution in [0, 0.1) is 0 Å². The SMILES string of the molecule is CN(C)c1ccc(C=Cc2nc3c([nH]2)c(=O)n(C)c(=O)n3C)cc1. The third-order valence-electron chi connectivity index (χ3n) is 3.96. The standard InChI is InChI=1S/C17H19N5O2/c1-20(2)12-8-5-11(6-9-12)7-10-13-18-14-15(19-13)21(3)17(24)22(4)16(14)23/h5-10H,1-4H3,(H,18,19). The van der Waals surface area contributed by atoms with E-state index in [1.807, 2.05) is 49.3 Å². The van der Waals surface area contributed by atoms with Crippen LogP contribution in [-0.2, 0) is 14.1 Å². The van der Waals surface area contributed by atoms with Crippen LogP contribution in [0.2, 0.25) is 0 Å². The Morgan fingerprint density at radius 2 is 1.71 bits per heavy atom. The fourth-order valence-electron chi connectivity index (χ4n) is 2.48. The van der Waals surface area contributed by atoms with Gasteiger partial charge in [-0.15, -0.1) is 0 Å². The fraction of sp³-hybridized carbons (Fsp3) is 0.235. The van der Waals surface area contributed by atoms with Crippen LogP contribution in [0.4, 0.5) is 5.69 Å². The Bertz CT molecular complexity index is 1040. The van der Waals surface area contributed by atoms with E-state index in [1.54, 1.807) is 13.1 Å². The molecule has 0 radical (unpaired) electrons. The predicted molar refractivity (Wildman–Crippen MR) is 96.3 cm³/mol. The first-order valence-corrected chi connectivity index (χ1v) is 7.49. The van der Waals surface area contributed by atoms with E-state index in [2.05, 4.69) is 9.97 Å². The van der Waals surface area contributed by atoms with Crippen LogP contribution < -0.4 is 16.1 Å². The van der Waals surface area contributed by atoms with E-state index >= 15 is 0 Å². The molecule has 0 amide bonds. The summed E-state index contributed by atoms with van der Waals surface area (Å²) in [5.41, 5.74) is 2.04. The van der Waals surface area contributed by atoms with E-state index in [-0.39, 0.29) is 5.56 Å². The minimum absolute atomic E-state index is 0.321. The molecule has 7 nitrogen and oxygen atoms in total. The Morgan fingerprint density at radius 1 is 1.04 bits per heavy atom. The van der Waals surface area contributed by atoms with E-state index in [9.17, 15) is 9.59 Å². The van der Waals surface area contributed by atoms with E-state index in [1.165, 1.54) is 11.6 Å². The largest absolute Gasteiger partial charge is 0.378 e. The number of hydrogen-bond acceptors (Lipinski definition) is 4. The lowest BCUT2D eigenvalue weighted by atomic mass is 10.2. The highest BCUT2D eigenvalue weighted by atomic mass is 16.2. The number of aromatic nitrogens is 4. The zero-order valence-corrected chi connectivity index (χ0v) is 14.1. The number of aromatic amines is 1. The van der Waals surface area contributed by atoms with Gasteiger partial charge in [-0.25, -0.2) is 9.78 Å². The molecule has 0 saturated carbocycles. The molecule has 0 aliphatic carbocycles. The molecule has 0 aliphatic rings. The van der Waals surface area contributed by atoms with Crippen LogP contribution >= 0.6 is 0 Å². The first kappa shape index (κ1) is 15.8. The molecule has 2 aromatic heterocycles. The lowest BCUT2D eigenvalue weighted by Crippen LogP contribution is -2.36. The average Bonchev–Trinajstić information content (AvgIpc) is 3.01. The van der Waals surface area contributed by atoms with E-state index in [0.29, 0.717) is 17.0 Å². The first-order valence-electron chi connectivity index (χ1n) is 7.49. The summed E-state index contributed by atoms with van der Waals surface area (Å²) in [4.78, 5) is 33.4. The van der Waals surface area contributed by atoms with Crippen molar-refractivity contribution in [2.24, 2.45) is 14.1 Å². The number of nitrogens with zero attached hydrogens (tertiary/aromatic N) is 4. The lowest BCUT2D eigenvalue weighted by Gasteiger charge is -2.11. The Labute approximate surface area is 138 Å². The van der Waals surface area contributed by atoms with Gasteiger partial charge in [0.1, 0.15) is 11.3 Å². The highest BCUT2D eigenvalue weighted by Crippen LogP contribution is 2.14. The third kappa shape index (κ3) is 2.64. The molecule has 0 spiro atoms. The summed E-state index contributed by atoms with van der Waals surface area (Å²) in [5.74, 6) is 0.528. The molecule has 1 aromatic carbocycles. The van der Waals surface area contributed by atoms with Gasteiger partial charge >= 0.3 is 5.69 Å². The number of aryl methyl sites for hydroxylation is 1. The van der Waals surface area contributed by atoms with E-state index < -0.39 is 5.69 Å². The summed E-state index contributed by atoms with van der Waals surface area (Å²) in [7, 11) is 7.03. The maximum absolute atomic E-state index is 12.1. The molecular formula is C17H19N5O2. The van der Waals surface area contributed by atoms with Crippen molar-refractivity contribution in [3.8, 4) is 0 Å². The number of rotatable bonds is 3. The van der Waals surface area contributed by atoms with Gasteiger partial charge in [-0.2, -0.15) is 0 Å². The molecule has 0 saturated heterocycles. The van der Waals surface area contributed by atoms with Crippen LogP contribution in [0.25, 0.3) is 23.3 Å². The molecule has 1 N–H and O–H groups in total. The number of H-pyrrole nitrogens is 1. The van der Waals surface area contributed by atoms with Gasteiger partial charge in [-0.1, -0.05) is 18.2 Å². The van der Waals surface area contributed by atoms with Crippen molar-refractivity contribution in [2.75, 3.05) is 19.0 Å². The maximum atomic E-state index is 12.1. The second kappa shape index (κ2) is 5.84. The van der Waals surface area contributed by atoms with Gasteiger partial charge in [0.25, 0.3) is 5.56 Å². The summed E-state index contributed by atoms with van der Waals surface area (Å²) in [6, 6.07) is 8.06. The number of nitrogens with one attached hydrogen (secondary N) is 1. The Kier molecular flexibility index (Phi) is 3.84. The van der Waals surface area contributed by atoms with Gasteiger partial charge in [0.2, 0.25) is 0 Å². The van der Waals surface area contributed by atoms with E-state index in [4.69, 9.17) is 0 Å². The summed E-state index contributed by atoms with van der Waals surface area (Å²) in [6.07, 6.45) is 3.69. The average molecular weight is 325 g/mol. The second-order valence-electron chi connectivity index (χ2n) is 5.85. The molecule has 0 unspecified atom stereocenters. The van der Waals surface area contributed by atoms with Crippen molar-refractivity contribution < 1.29 is 0 Å². The monoisotopic (exact) mass is 325 g/mol. The van der Waals surface area contributed by atoms with Crippen LogP contribution in [0.1, 0.15) is 11.4 Å². The lowest BCUT2D eigenvalue weighted by molar-refractivity contribution is 0.709. The zero-order valence-electron chi connectivity index (χ0n) is 14.1. The predicted octanol–water partition coefficient (Wildman–Crippen LogP) is 1.20. The molecule has 0 bridgehead atoms. The topological polar surface area (TPSA) is 75.9 Å². The van der Waals surface area contributed by atoms with Gasteiger partial charge in [0, 0.05) is 33.9 Å². The van der Waals surface area contributed by atoms with E-state index in [0.717, 1.165) is 15.8 Å². The van der Waals surface area contributed by atoms with Crippen LogP contribution in [0.5, 0.6) is 0 Å². The zero-order chi connectivity index (χ0) is 17.4.